The van der Waals surface area contributed by atoms with Crippen molar-refractivity contribution in [2.24, 2.45) is 10.9 Å². The van der Waals surface area contributed by atoms with Crippen LogP contribution in [0.5, 0.6) is 5.75 Å². The second-order valence-electron chi connectivity index (χ2n) is 7.89. The Morgan fingerprint density at radius 2 is 1.77 bits per heavy atom. The molecule has 1 heterocycles. The molecule has 0 saturated heterocycles. The molecule has 4 rings (SSSR count). The van der Waals surface area contributed by atoms with E-state index < -0.39 is 27.6 Å². The lowest BCUT2D eigenvalue weighted by Gasteiger charge is -2.18. The van der Waals surface area contributed by atoms with Crippen molar-refractivity contribution in [2.75, 3.05) is 17.9 Å². The molecule has 0 fully saturated rings. The fraction of sp³-hybridized carbons (Fsp3) is 0.192. The normalized spacial score (nSPS) is 14.8. The predicted octanol–water partition coefficient (Wildman–Crippen LogP) is 3.76. The molecule has 0 bridgehead atoms. The highest BCUT2D eigenvalue weighted by Gasteiger charge is 2.31. The summed E-state index contributed by atoms with van der Waals surface area (Å²) in [6.07, 6.45) is 1.93. The number of benzene rings is 3. The van der Waals surface area contributed by atoms with Crippen molar-refractivity contribution >= 4 is 39.3 Å². The van der Waals surface area contributed by atoms with Crippen LogP contribution in [0.25, 0.3) is 0 Å². The summed E-state index contributed by atoms with van der Waals surface area (Å²) >= 11 is 0. The van der Waals surface area contributed by atoms with E-state index in [9.17, 15) is 18.0 Å². The average molecular weight is 492 g/mol. The zero-order valence-electron chi connectivity index (χ0n) is 19.1. The molecule has 35 heavy (non-hydrogen) atoms. The first kappa shape index (κ1) is 24.2. The van der Waals surface area contributed by atoms with Gasteiger partial charge in [-0.15, -0.1) is 0 Å². The molecule has 1 aliphatic heterocycles. The quantitative estimate of drug-likeness (QED) is 0.443. The number of sulfonamides is 1. The molecule has 0 saturated carbocycles. The maximum atomic E-state index is 13.0. The Kier molecular flexibility index (Phi) is 7.26. The van der Waals surface area contributed by atoms with Crippen molar-refractivity contribution in [1.82, 2.24) is 5.32 Å². The number of carbonyl (C=O) groups excluding carboxylic acids is 2. The molecule has 1 amide bonds. The van der Waals surface area contributed by atoms with Gasteiger partial charge in [-0.05, 0) is 61.4 Å². The molecule has 8 nitrogen and oxygen atoms in total. The van der Waals surface area contributed by atoms with Crippen LogP contribution in [0.3, 0.4) is 0 Å². The van der Waals surface area contributed by atoms with Gasteiger partial charge in [0.2, 0.25) is 5.91 Å². The van der Waals surface area contributed by atoms with Gasteiger partial charge in [-0.3, -0.25) is 19.3 Å². The van der Waals surface area contributed by atoms with Crippen molar-refractivity contribution < 1.29 is 22.7 Å². The van der Waals surface area contributed by atoms with Crippen LogP contribution in [-0.2, 0) is 21.2 Å². The molecular weight excluding hydrogens is 466 g/mol. The van der Waals surface area contributed by atoms with Crippen LogP contribution in [-0.4, -0.2) is 39.5 Å². The molecule has 180 valence electrons. The molecular formula is C26H25N3O5S. The van der Waals surface area contributed by atoms with Gasteiger partial charge in [-0.2, -0.15) is 0 Å². The molecule has 0 spiro atoms. The van der Waals surface area contributed by atoms with E-state index in [0.717, 1.165) is 5.56 Å². The Labute approximate surface area is 204 Å². The zero-order valence-corrected chi connectivity index (χ0v) is 19.9. The van der Waals surface area contributed by atoms with Gasteiger partial charge in [0.25, 0.3) is 10.0 Å². The number of carbonyl (C=O) groups is 2. The Bertz CT molecular complexity index is 1350. The fourth-order valence-electron chi connectivity index (χ4n) is 3.65. The summed E-state index contributed by atoms with van der Waals surface area (Å²) < 4.78 is 33.7. The fourth-order valence-corrected chi connectivity index (χ4v) is 4.74. The van der Waals surface area contributed by atoms with Crippen LogP contribution in [0.2, 0.25) is 0 Å². The molecule has 3 aromatic carbocycles. The molecule has 1 atom stereocenters. The molecule has 3 aromatic rings. The number of ether oxygens (including phenoxy) is 1. The first-order chi connectivity index (χ1) is 16.9. The Hall–Kier alpha value is -3.98. The summed E-state index contributed by atoms with van der Waals surface area (Å²) in [5, 5.41) is 2.76. The highest BCUT2D eigenvalue weighted by atomic mass is 32.2. The van der Waals surface area contributed by atoms with Gasteiger partial charge in [0.15, 0.2) is 5.78 Å². The van der Waals surface area contributed by atoms with Gasteiger partial charge in [-0.1, -0.05) is 30.3 Å². The SMILES string of the molecule is CCOc1ccc(NS(=O)(=O)c2ccc3c(c2)C(=O)C(C(=O)NCCc2ccccc2)C=N3)cc1. The monoisotopic (exact) mass is 491 g/mol. The van der Waals surface area contributed by atoms with Crippen LogP contribution in [0, 0.1) is 5.92 Å². The van der Waals surface area contributed by atoms with E-state index in [4.69, 9.17) is 4.74 Å². The third-order valence-electron chi connectivity index (χ3n) is 5.44. The van der Waals surface area contributed by atoms with E-state index in [1.54, 1.807) is 24.3 Å². The van der Waals surface area contributed by atoms with Gasteiger partial charge < -0.3 is 10.1 Å². The number of nitrogens with one attached hydrogen (secondary N) is 2. The van der Waals surface area contributed by atoms with E-state index in [1.165, 1.54) is 24.4 Å². The van der Waals surface area contributed by atoms with Gasteiger partial charge in [0.1, 0.15) is 11.7 Å². The Morgan fingerprint density at radius 1 is 1.03 bits per heavy atom. The van der Waals surface area contributed by atoms with Crippen molar-refractivity contribution in [1.29, 1.82) is 0 Å². The second-order valence-corrected chi connectivity index (χ2v) is 9.57. The smallest absolute Gasteiger partial charge is 0.261 e. The number of amides is 1. The van der Waals surface area contributed by atoms with Crippen LogP contribution >= 0.6 is 0 Å². The summed E-state index contributed by atoms with van der Waals surface area (Å²) in [6.45, 7) is 2.73. The maximum absolute atomic E-state index is 13.0. The maximum Gasteiger partial charge on any atom is 0.261 e. The van der Waals surface area contributed by atoms with Gasteiger partial charge in [0.05, 0.1) is 17.2 Å². The number of Topliss-reactive ketones (excluding diaryl/α,β-unsaturated/α-hetero) is 1. The molecule has 0 aliphatic carbocycles. The van der Waals surface area contributed by atoms with Crippen molar-refractivity contribution in [2.45, 2.75) is 18.2 Å². The Morgan fingerprint density at radius 3 is 2.49 bits per heavy atom. The molecule has 1 aliphatic rings. The van der Waals surface area contributed by atoms with Crippen molar-refractivity contribution in [3.8, 4) is 5.75 Å². The van der Waals surface area contributed by atoms with Crippen LogP contribution in [0.4, 0.5) is 11.4 Å². The van der Waals surface area contributed by atoms with E-state index in [1.807, 2.05) is 37.3 Å². The lowest BCUT2D eigenvalue weighted by Crippen LogP contribution is -2.38. The zero-order chi connectivity index (χ0) is 24.8. The third-order valence-corrected chi connectivity index (χ3v) is 6.82. The van der Waals surface area contributed by atoms with Crippen LogP contribution < -0.4 is 14.8 Å². The first-order valence-electron chi connectivity index (χ1n) is 11.2. The lowest BCUT2D eigenvalue weighted by atomic mass is 9.94. The van der Waals surface area contributed by atoms with Crippen LogP contribution in [0.1, 0.15) is 22.8 Å². The van der Waals surface area contributed by atoms with E-state index in [2.05, 4.69) is 15.0 Å². The Balaban J connectivity index is 1.45. The van der Waals surface area contributed by atoms with E-state index in [0.29, 0.717) is 36.7 Å². The molecule has 0 radical (unpaired) electrons. The van der Waals surface area contributed by atoms with Gasteiger partial charge >= 0.3 is 0 Å². The van der Waals surface area contributed by atoms with Gasteiger partial charge in [0, 0.05) is 24.0 Å². The van der Waals surface area contributed by atoms with E-state index >= 15 is 0 Å². The van der Waals surface area contributed by atoms with Crippen molar-refractivity contribution in [3.63, 3.8) is 0 Å². The molecule has 2 N–H and O–H groups in total. The summed E-state index contributed by atoms with van der Waals surface area (Å²) in [4.78, 5) is 29.8. The number of anilines is 1. The minimum atomic E-state index is -3.97. The first-order valence-corrected chi connectivity index (χ1v) is 12.7. The second kappa shape index (κ2) is 10.5. The summed E-state index contributed by atoms with van der Waals surface area (Å²) in [5.41, 5.74) is 1.83. The number of rotatable bonds is 9. The minimum Gasteiger partial charge on any atom is -0.494 e. The standard InChI is InChI=1S/C26H25N3O5S/c1-2-34-20-10-8-19(9-11-20)29-35(32,33)21-12-13-24-22(16-21)25(30)23(17-28-24)26(31)27-15-14-18-6-4-3-5-7-18/h3-13,16-17,23,29H,2,14-15H2,1H3,(H,27,31). The predicted molar refractivity (Wildman–Crippen MR) is 134 cm³/mol. The molecule has 9 heteroatoms. The third kappa shape index (κ3) is 5.75. The highest BCUT2D eigenvalue weighted by molar-refractivity contribution is 7.92. The lowest BCUT2D eigenvalue weighted by molar-refractivity contribution is -0.121. The average Bonchev–Trinajstić information content (AvgIpc) is 2.86. The number of ketones is 1. The summed E-state index contributed by atoms with van der Waals surface area (Å²) in [6, 6.07) is 20.3. The minimum absolute atomic E-state index is 0.0882. The molecule has 0 aromatic heterocycles. The number of hydrogen-bond donors (Lipinski definition) is 2. The number of fused-ring (bicyclic) bond motifs is 1. The summed E-state index contributed by atoms with van der Waals surface area (Å²) in [5.74, 6) is -1.46. The van der Waals surface area contributed by atoms with E-state index in [-0.39, 0.29) is 10.5 Å². The highest BCUT2D eigenvalue weighted by Crippen LogP contribution is 2.30. The van der Waals surface area contributed by atoms with Crippen molar-refractivity contribution in [3.05, 3.63) is 83.9 Å². The summed E-state index contributed by atoms with van der Waals surface area (Å²) in [7, 11) is -3.97. The number of nitrogens with zero attached hydrogens (tertiary/aromatic N) is 1. The topological polar surface area (TPSA) is 114 Å². The number of aliphatic imine (C=N–C) groups is 1. The number of hydrogen-bond acceptors (Lipinski definition) is 6. The largest absolute Gasteiger partial charge is 0.494 e. The molecule has 1 unspecified atom stereocenters. The van der Waals surface area contributed by atoms with Crippen LogP contribution in [0.15, 0.2) is 82.7 Å². The van der Waals surface area contributed by atoms with Gasteiger partial charge in [-0.25, -0.2) is 8.42 Å².